The molecule has 222 valence electrons. The maximum Gasteiger partial charge on any atom is 0.227 e. The van der Waals surface area contributed by atoms with Crippen molar-refractivity contribution in [3.63, 3.8) is 0 Å². The molecule has 1 aromatic heterocycles. The minimum absolute atomic E-state index is 0.279. The van der Waals surface area contributed by atoms with Gasteiger partial charge in [0.05, 0.1) is 17.7 Å². The number of amidine groups is 1. The van der Waals surface area contributed by atoms with E-state index in [1.54, 1.807) is 0 Å². The molecule has 10 heteroatoms. The van der Waals surface area contributed by atoms with Crippen molar-refractivity contribution in [3.8, 4) is 5.88 Å². The van der Waals surface area contributed by atoms with E-state index in [4.69, 9.17) is 42.9 Å². The number of amides is 1. The van der Waals surface area contributed by atoms with Crippen LogP contribution in [0.25, 0.3) is 0 Å². The Morgan fingerprint density at radius 1 is 1.05 bits per heavy atom. The van der Waals surface area contributed by atoms with Gasteiger partial charge in [0, 0.05) is 41.3 Å². The smallest absolute Gasteiger partial charge is 0.227 e. The lowest BCUT2D eigenvalue weighted by Crippen LogP contribution is -2.65. The molecule has 3 heterocycles. The van der Waals surface area contributed by atoms with Gasteiger partial charge in [0.1, 0.15) is 23.4 Å². The molecule has 1 saturated heterocycles. The Labute approximate surface area is 258 Å². The fourth-order valence-electron chi connectivity index (χ4n) is 5.96. The quantitative estimate of drug-likeness (QED) is 0.343. The van der Waals surface area contributed by atoms with E-state index in [1.807, 2.05) is 66.6 Å². The molecular formula is C32H38Cl2N6O2. The molecule has 3 atom stereocenters. The van der Waals surface area contributed by atoms with Crippen molar-refractivity contribution in [2.45, 2.75) is 64.2 Å². The van der Waals surface area contributed by atoms with Gasteiger partial charge in [0.2, 0.25) is 12.3 Å². The van der Waals surface area contributed by atoms with Gasteiger partial charge in [-0.25, -0.2) is 4.98 Å². The number of nitrogens with zero attached hydrogens (tertiary/aromatic N) is 5. The summed E-state index contributed by atoms with van der Waals surface area (Å²) in [6.45, 7) is 14.7. The van der Waals surface area contributed by atoms with E-state index < -0.39 is 11.1 Å². The third-order valence-electron chi connectivity index (χ3n) is 8.44. The van der Waals surface area contributed by atoms with Crippen LogP contribution in [-0.2, 0) is 21.3 Å². The van der Waals surface area contributed by atoms with Crippen LogP contribution in [0.2, 0.25) is 10.0 Å². The van der Waals surface area contributed by atoms with Gasteiger partial charge in [-0.05, 0) is 56.2 Å². The Morgan fingerprint density at radius 2 is 1.67 bits per heavy atom. The third-order valence-corrected chi connectivity index (χ3v) is 8.94. The minimum Gasteiger partial charge on any atom is -0.477 e. The third kappa shape index (κ3) is 5.14. The Kier molecular flexibility index (Phi) is 8.27. The first kappa shape index (κ1) is 30.3. The summed E-state index contributed by atoms with van der Waals surface area (Å²) in [6, 6.07) is 15.7. The fraction of sp³-hybridized carbons (Fsp3) is 0.438. The summed E-state index contributed by atoms with van der Waals surface area (Å²) in [4.78, 5) is 31.8. The van der Waals surface area contributed by atoms with E-state index in [2.05, 4.69) is 44.8 Å². The fourth-order valence-corrected chi connectivity index (χ4v) is 6.21. The Balaban J connectivity index is 1.83. The van der Waals surface area contributed by atoms with Crippen molar-refractivity contribution >= 4 is 35.4 Å². The highest BCUT2D eigenvalue weighted by molar-refractivity contribution is 6.30. The molecule has 0 radical (unpaired) electrons. The molecular weight excluding hydrogens is 571 g/mol. The van der Waals surface area contributed by atoms with Gasteiger partial charge in [0.15, 0.2) is 0 Å². The van der Waals surface area contributed by atoms with Gasteiger partial charge < -0.3 is 19.9 Å². The number of hydrogen-bond donors (Lipinski definition) is 1. The highest BCUT2D eigenvalue weighted by Crippen LogP contribution is 2.54. The topological polar surface area (TPSA) is 83.0 Å². The first-order chi connectivity index (χ1) is 19.9. The molecule has 0 aliphatic carbocycles. The zero-order valence-electron chi connectivity index (χ0n) is 25.0. The maximum atomic E-state index is 12.5. The number of carbonyl (C=O) groups is 1. The monoisotopic (exact) mass is 608 g/mol. The van der Waals surface area contributed by atoms with Crippen LogP contribution < -0.4 is 10.1 Å². The van der Waals surface area contributed by atoms with Gasteiger partial charge >= 0.3 is 0 Å². The van der Waals surface area contributed by atoms with Crippen molar-refractivity contribution in [3.05, 3.63) is 87.3 Å². The van der Waals surface area contributed by atoms with Crippen molar-refractivity contribution in [1.29, 1.82) is 0 Å². The van der Waals surface area contributed by atoms with E-state index in [0.29, 0.717) is 59.4 Å². The molecule has 3 unspecified atom stereocenters. The minimum atomic E-state index is -0.834. The second kappa shape index (κ2) is 11.5. The molecule has 0 saturated carbocycles. The normalized spacial score (nSPS) is 24.5. The number of piperazine rings is 1. The first-order valence-electron chi connectivity index (χ1n) is 14.3. The SMILES string of the molecule is CCOc1nc(C(C)(C)C)ncc1C1=NC(C)(c2ccc(Cl)cc2)C(C)(c2ccc(Cl)cc2)N1C1CNCCN1C=O. The molecule has 2 aromatic carbocycles. The lowest BCUT2D eigenvalue weighted by atomic mass is 9.70. The van der Waals surface area contributed by atoms with E-state index in [-0.39, 0.29) is 11.6 Å². The van der Waals surface area contributed by atoms with Crippen LogP contribution in [0.15, 0.2) is 59.7 Å². The summed E-state index contributed by atoms with van der Waals surface area (Å²) in [5, 5.41) is 4.77. The highest BCUT2D eigenvalue weighted by atomic mass is 35.5. The summed E-state index contributed by atoms with van der Waals surface area (Å²) in [6.07, 6.45) is 2.37. The summed E-state index contributed by atoms with van der Waals surface area (Å²) in [7, 11) is 0. The van der Waals surface area contributed by atoms with Gasteiger partial charge in [-0.2, -0.15) is 4.98 Å². The number of aromatic nitrogens is 2. The average Bonchev–Trinajstić information content (AvgIpc) is 3.21. The lowest BCUT2D eigenvalue weighted by Gasteiger charge is -2.52. The van der Waals surface area contributed by atoms with E-state index in [0.717, 1.165) is 17.5 Å². The van der Waals surface area contributed by atoms with Gasteiger partial charge in [-0.3, -0.25) is 9.79 Å². The van der Waals surface area contributed by atoms with Crippen LogP contribution in [-0.4, -0.2) is 64.4 Å². The van der Waals surface area contributed by atoms with Crippen LogP contribution in [0.3, 0.4) is 0 Å². The number of rotatable bonds is 7. The predicted molar refractivity (Wildman–Crippen MR) is 167 cm³/mol. The highest BCUT2D eigenvalue weighted by Gasteiger charge is 2.60. The second-order valence-electron chi connectivity index (χ2n) is 12.1. The number of nitrogens with one attached hydrogen (secondary N) is 1. The number of carbonyl (C=O) groups excluding carboxylic acids is 1. The molecule has 0 spiro atoms. The lowest BCUT2D eigenvalue weighted by molar-refractivity contribution is -0.126. The molecule has 2 aliphatic heterocycles. The largest absolute Gasteiger partial charge is 0.477 e. The average molecular weight is 610 g/mol. The van der Waals surface area contributed by atoms with Crippen LogP contribution in [0.4, 0.5) is 0 Å². The number of halogens is 2. The number of benzene rings is 2. The Hall–Kier alpha value is -3.20. The molecule has 1 fully saturated rings. The maximum absolute atomic E-state index is 12.5. The molecule has 42 heavy (non-hydrogen) atoms. The summed E-state index contributed by atoms with van der Waals surface area (Å²) in [5.41, 5.74) is 0.718. The van der Waals surface area contributed by atoms with Crippen molar-refractivity contribution in [2.75, 3.05) is 26.2 Å². The number of aliphatic imine (C=N–C) groups is 1. The predicted octanol–water partition coefficient (Wildman–Crippen LogP) is 5.76. The molecule has 0 bridgehead atoms. The zero-order chi connectivity index (χ0) is 30.3. The van der Waals surface area contributed by atoms with Gasteiger partial charge in [0.25, 0.3) is 0 Å². The summed E-state index contributed by atoms with van der Waals surface area (Å²) in [5.74, 6) is 1.78. The number of ether oxygens (including phenoxy) is 1. The van der Waals surface area contributed by atoms with Crippen molar-refractivity contribution in [1.82, 2.24) is 25.1 Å². The molecule has 2 aliphatic rings. The van der Waals surface area contributed by atoms with Gasteiger partial charge in [-0.15, -0.1) is 0 Å². The molecule has 5 rings (SSSR count). The van der Waals surface area contributed by atoms with Crippen molar-refractivity contribution in [2.24, 2.45) is 4.99 Å². The molecule has 1 amide bonds. The molecule has 1 N–H and O–H groups in total. The van der Waals surface area contributed by atoms with Crippen LogP contribution in [0.5, 0.6) is 5.88 Å². The summed E-state index contributed by atoms with van der Waals surface area (Å²) >= 11 is 12.7. The second-order valence-corrected chi connectivity index (χ2v) is 13.0. The van der Waals surface area contributed by atoms with Crippen LogP contribution in [0, 0.1) is 0 Å². The Morgan fingerprint density at radius 3 is 2.24 bits per heavy atom. The van der Waals surface area contributed by atoms with Crippen LogP contribution >= 0.6 is 23.2 Å². The first-order valence-corrected chi connectivity index (χ1v) is 15.0. The summed E-state index contributed by atoms with van der Waals surface area (Å²) < 4.78 is 6.16. The Bertz CT molecular complexity index is 1470. The zero-order valence-corrected chi connectivity index (χ0v) is 26.5. The van der Waals surface area contributed by atoms with E-state index in [1.165, 1.54) is 0 Å². The molecule has 8 nitrogen and oxygen atoms in total. The van der Waals surface area contributed by atoms with E-state index in [9.17, 15) is 4.79 Å². The van der Waals surface area contributed by atoms with Crippen molar-refractivity contribution < 1.29 is 9.53 Å². The standard InChI is InChI=1S/C32H38Cl2N6O2/c1-7-42-28-25(18-36-29(37-28)30(2,3)4)27-38-31(5,21-8-12-23(33)13-9-21)32(6,22-10-14-24(34)15-11-22)40(27)26-19-35-16-17-39(26)20-41/h8-15,18,20,26,35H,7,16-17,19H2,1-6H3. The van der Waals surface area contributed by atoms with E-state index >= 15 is 0 Å². The van der Waals surface area contributed by atoms with Gasteiger partial charge in [-0.1, -0.05) is 68.2 Å². The molecule has 3 aromatic rings. The number of hydrogen-bond acceptors (Lipinski definition) is 7. The van der Waals surface area contributed by atoms with Crippen LogP contribution in [0.1, 0.15) is 64.1 Å².